The van der Waals surface area contributed by atoms with Crippen LogP contribution < -0.4 is 15.4 Å². The van der Waals surface area contributed by atoms with Crippen molar-refractivity contribution in [2.45, 2.75) is 25.8 Å². The molecule has 0 unspecified atom stereocenters. The highest BCUT2D eigenvalue weighted by Gasteiger charge is 2.09. The second-order valence-corrected chi connectivity index (χ2v) is 5.95. The normalized spacial score (nSPS) is 11.6. The van der Waals surface area contributed by atoms with E-state index in [2.05, 4.69) is 10.6 Å². The first-order valence-electron chi connectivity index (χ1n) is 8.39. The molecule has 0 fully saturated rings. The van der Waals surface area contributed by atoms with Crippen molar-refractivity contribution >= 4 is 17.3 Å². The molecule has 2 aromatic rings. The van der Waals surface area contributed by atoms with Gasteiger partial charge >= 0.3 is 0 Å². The molecule has 0 heterocycles. The maximum absolute atomic E-state index is 12.3. The van der Waals surface area contributed by atoms with E-state index in [-0.39, 0.29) is 11.9 Å². The zero-order valence-electron chi connectivity index (χ0n) is 15.0. The summed E-state index contributed by atoms with van der Waals surface area (Å²) in [5.74, 6) is 0.788. The third-order valence-electron chi connectivity index (χ3n) is 3.79. The number of anilines is 2. The van der Waals surface area contributed by atoms with E-state index in [4.69, 9.17) is 9.47 Å². The fourth-order valence-electron chi connectivity index (χ4n) is 2.57. The quantitative estimate of drug-likeness (QED) is 0.729. The third-order valence-corrected chi connectivity index (χ3v) is 3.79. The van der Waals surface area contributed by atoms with Crippen LogP contribution in [-0.4, -0.2) is 32.8 Å². The molecule has 5 heteroatoms. The summed E-state index contributed by atoms with van der Waals surface area (Å²) in [6.07, 6.45) is 1.08. The Bertz CT molecular complexity index is 688. The number of carbonyl (C=O) groups is 1. The molecule has 0 aromatic heterocycles. The van der Waals surface area contributed by atoms with Crippen LogP contribution in [0.3, 0.4) is 0 Å². The van der Waals surface area contributed by atoms with Crippen LogP contribution >= 0.6 is 0 Å². The molecular formula is C20H26N2O3. The second kappa shape index (κ2) is 9.69. The fourth-order valence-corrected chi connectivity index (χ4v) is 2.57. The molecule has 2 rings (SSSR count). The van der Waals surface area contributed by atoms with Gasteiger partial charge in [-0.1, -0.05) is 24.3 Å². The van der Waals surface area contributed by atoms with Crippen molar-refractivity contribution in [2.75, 3.05) is 31.5 Å². The topological polar surface area (TPSA) is 59.6 Å². The maximum atomic E-state index is 12.3. The van der Waals surface area contributed by atoms with Gasteiger partial charge < -0.3 is 20.1 Å². The Kier molecular flexibility index (Phi) is 7.29. The standard InChI is InChI=1S/C20H26N2O3/c1-15(14-24-2)21-18-9-4-5-10-19(18)22-20(23)12-11-16-7-6-8-17(13-16)25-3/h4-10,13,15,21H,11-12,14H2,1-3H3,(H,22,23)/t15-/m0/s1. The highest BCUT2D eigenvalue weighted by molar-refractivity contribution is 5.94. The average molecular weight is 342 g/mol. The lowest BCUT2D eigenvalue weighted by atomic mass is 10.1. The van der Waals surface area contributed by atoms with Crippen LogP contribution in [0.5, 0.6) is 5.75 Å². The van der Waals surface area contributed by atoms with Gasteiger partial charge in [-0.3, -0.25) is 4.79 Å². The molecule has 2 N–H and O–H groups in total. The van der Waals surface area contributed by atoms with E-state index in [9.17, 15) is 4.79 Å². The van der Waals surface area contributed by atoms with Gasteiger partial charge in [-0.15, -0.1) is 0 Å². The van der Waals surface area contributed by atoms with Crippen LogP contribution in [-0.2, 0) is 16.0 Å². The predicted octanol–water partition coefficient (Wildman–Crippen LogP) is 3.71. The largest absolute Gasteiger partial charge is 0.497 e. The summed E-state index contributed by atoms with van der Waals surface area (Å²) in [4.78, 5) is 12.3. The number of rotatable bonds is 9. The van der Waals surface area contributed by atoms with Gasteiger partial charge in [0.1, 0.15) is 5.75 Å². The van der Waals surface area contributed by atoms with Crippen LogP contribution in [0.1, 0.15) is 18.9 Å². The molecule has 0 aliphatic heterocycles. The molecular weight excluding hydrogens is 316 g/mol. The zero-order chi connectivity index (χ0) is 18.1. The smallest absolute Gasteiger partial charge is 0.224 e. The summed E-state index contributed by atoms with van der Waals surface area (Å²) in [6, 6.07) is 15.6. The van der Waals surface area contributed by atoms with Gasteiger partial charge in [-0.2, -0.15) is 0 Å². The molecule has 0 saturated heterocycles. The number of aryl methyl sites for hydroxylation is 1. The van der Waals surface area contributed by atoms with E-state index >= 15 is 0 Å². The van der Waals surface area contributed by atoms with E-state index in [0.29, 0.717) is 19.4 Å². The number of ether oxygens (including phenoxy) is 2. The summed E-state index contributed by atoms with van der Waals surface area (Å²) in [7, 11) is 3.31. The molecule has 0 saturated carbocycles. The van der Waals surface area contributed by atoms with Crippen molar-refractivity contribution in [2.24, 2.45) is 0 Å². The number of methoxy groups -OCH3 is 2. The third kappa shape index (κ3) is 6.12. The van der Waals surface area contributed by atoms with E-state index in [1.165, 1.54) is 0 Å². The number of hydrogen-bond acceptors (Lipinski definition) is 4. The minimum atomic E-state index is -0.0172. The van der Waals surface area contributed by atoms with Crippen molar-refractivity contribution in [1.82, 2.24) is 0 Å². The van der Waals surface area contributed by atoms with E-state index < -0.39 is 0 Å². The predicted molar refractivity (Wildman–Crippen MR) is 101 cm³/mol. The lowest BCUT2D eigenvalue weighted by Crippen LogP contribution is -2.22. The van der Waals surface area contributed by atoms with Crippen molar-refractivity contribution in [3.8, 4) is 5.75 Å². The monoisotopic (exact) mass is 342 g/mol. The van der Waals surface area contributed by atoms with Gasteiger partial charge in [0, 0.05) is 19.6 Å². The highest BCUT2D eigenvalue weighted by Crippen LogP contribution is 2.22. The Morgan fingerprint density at radius 3 is 2.56 bits per heavy atom. The first kappa shape index (κ1) is 18.8. The van der Waals surface area contributed by atoms with E-state index in [1.807, 2.05) is 55.5 Å². The van der Waals surface area contributed by atoms with Gasteiger partial charge in [0.2, 0.25) is 5.91 Å². The maximum Gasteiger partial charge on any atom is 0.224 e. The summed E-state index contributed by atoms with van der Waals surface area (Å²) in [6.45, 7) is 2.63. The van der Waals surface area contributed by atoms with Crippen molar-refractivity contribution in [3.63, 3.8) is 0 Å². The van der Waals surface area contributed by atoms with E-state index in [0.717, 1.165) is 22.7 Å². The number of amides is 1. The molecule has 5 nitrogen and oxygen atoms in total. The minimum absolute atomic E-state index is 0.0172. The molecule has 0 bridgehead atoms. The summed E-state index contributed by atoms with van der Waals surface area (Å²) < 4.78 is 10.4. The Labute approximate surface area is 149 Å². The first-order valence-corrected chi connectivity index (χ1v) is 8.39. The molecule has 1 amide bonds. The van der Waals surface area contributed by atoms with Crippen LogP contribution in [0.25, 0.3) is 0 Å². The number of hydrogen-bond donors (Lipinski definition) is 2. The Morgan fingerprint density at radius 2 is 1.84 bits per heavy atom. The number of nitrogens with one attached hydrogen (secondary N) is 2. The molecule has 0 aliphatic rings. The molecule has 2 aromatic carbocycles. The minimum Gasteiger partial charge on any atom is -0.497 e. The molecule has 0 radical (unpaired) electrons. The second-order valence-electron chi connectivity index (χ2n) is 5.95. The van der Waals surface area contributed by atoms with E-state index in [1.54, 1.807) is 14.2 Å². The van der Waals surface area contributed by atoms with Crippen LogP contribution in [0.15, 0.2) is 48.5 Å². The van der Waals surface area contributed by atoms with Crippen LogP contribution in [0.2, 0.25) is 0 Å². The Balaban J connectivity index is 1.93. The fraction of sp³-hybridized carbons (Fsp3) is 0.350. The lowest BCUT2D eigenvalue weighted by Gasteiger charge is -2.17. The SMILES string of the molecule is COC[C@H](C)Nc1ccccc1NC(=O)CCc1cccc(OC)c1. The molecule has 134 valence electrons. The molecule has 1 atom stereocenters. The first-order chi connectivity index (χ1) is 12.1. The summed E-state index contributed by atoms with van der Waals surface area (Å²) in [5.41, 5.74) is 2.75. The average Bonchev–Trinajstić information content (AvgIpc) is 2.62. The van der Waals surface area contributed by atoms with Gasteiger partial charge in [-0.25, -0.2) is 0 Å². The van der Waals surface area contributed by atoms with Crippen molar-refractivity contribution in [3.05, 3.63) is 54.1 Å². The Hall–Kier alpha value is -2.53. The molecule has 25 heavy (non-hydrogen) atoms. The van der Waals surface area contributed by atoms with Gasteiger partial charge in [0.15, 0.2) is 0 Å². The number of carbonyl (C=O) groups excluding carboxylic acids is 1. The summed E-state index contributed by atoms with van der Waals surface area (Å²) in [5, 5.41) is 6.33. The van der Waals surface area contributed by atoms with Gasteiger partial charge in [-0.05, 0) is 43.2 Å². The molecule has 0 spiro atoms. The number of para-hydroxylation sites is 2. The van der Waals surface area contributed by atoms with Crippen LogP contribution in [0, 0.1) is 0 Å². The lowest BCUT2D eigenvalue weighted by molar-refractivity contribution is -0.116. The summed E-state index contributed by atoms with van der Waals surface area (Å²) >= 11 is 0. The van der Waals surface area contributed by atoms with Gasteiger partial charge in [0.05, 0.1) is 25.1 Å². The van der Waals surface area contributed by atoms with Gasteiger partial charge in [0.25, 0.3) is 0 Å². The highest BCUT2D eigenvalue weighted by atomic mass is 16.5. The zero-order valence-corrected chi connectivity index (χ0v) is 15.0. The van der Waals surface area contributed by atoms with Crippen LogP contribution in [0.4, 0.5) is 11.4 Å². The number of benzene rings is 2. The van der Waals surface area contributed by atoms with Crippen molar-refractivity contribution in [1.29, 1.82) is 0 Å². The van der Waals surface area contributed by atoms with Crippen molar-refractivity contribution < 1.29 is 14.3 Å². The Morgan fingerprint density at radius 1 is 1.08 bits per heavy atom. The molecule has 0 aliphatic carbocycles.